The van der Waals surface area contributed by atoms with Gasteiger partial charge in [-0.3, -0.25) is 0 Å². The predicted molar refractivity (Wildman–Crippen MR) is 106 cm³/mol. The van der Waals surface area contributed by atoms with E-state index in [1.54, 1.807) is 0 Å². The Labute approximate surface area is 163 Å². The highest BCUT2D eigenvalue weighted by atomic mass is 35.5. The lowest BCUT2D eigenvalue weighted by Crippen LogP contribution is -3.00. The minimum absolute atomic E-state index is 0. The SMILES string of the molecule is CCCCCCCCCCCC[N+](C)(C)Cc1ccccc1.Cl.[Cl-]. The van der Waals surface area contributed by atoms with E-state index in [0.717, 1.165) is 11.0 Å². The van der Waals surface area contributed by atoms with Crippen LogP contribution in [0.2, 0.25) is 0 Å². The molecule has 0 aliphatic rings. The fraction of sp³-hybridized carbons (Fsp3) is 0.714. The molecule has 0 fully saturated rings. The van der Waals surface area contributed by atoms with Crippen LogP contribution in [-0.2, 0) is 6.54 Å². The van der Waals surface area contributed by atoms with Crippen molar-refractivity contribution in [3.8, 4) is 0 Å². The molecule has 0 aliphatic carbocycles. The van der Waals surface area contributed by atoms with Crippen LogP contribution in [0.15, 0.2) is 30.3 Å². The average molecular weight is 376 g/mol. The van der Waals surface area contributed by atoms with Gasteiger partial charge in [-0.2, -0.15) is 0 Å². The van der Waals surface area contributed by atoms with Crippen molar-refractivity contribution < 1.29 is 16.9 Å². The van der Waals surface area contributed by atoms with Crippen LogP contribution in [0.25, 0.3) is 0 Å². The third-order valence-corrected chi connectivity index (χ3v) is 4.57. The summed E-state index contributed by atoms with van der Waals surface area (Å²) in [7, 11) is 4.72. The van der Waals surface area contributed by atoms with Crippen LogP contribution in [0.1, 0.15) is 76.7 Å². The summed E-state index contributed by atoms with van der Waals surface area (Å²) in [4.78, 5) is 0. The highest BCUT2D eigenvalue weighted by molar-refractivity contribution is 5.85. The predicted octanol–water partition coefficient (Wildman–Crippen LogP) is 3.61. The molecule has 0 atom stereocenters. The fourth-order valence-electron chi connectivity index (χ4n) is 3.18. The maximum atomic E-state index is 2.36. The summed E-state index contributed by atoms with van der Waals surface area (Å²) in [6.45, 7) is 4.74. The zero-order valence-electron chi connectivity index (χ0n) is 16.1. The van der Waals surface area contributed by atoms with Crippen LogP contribution in [0, 0.1) is 0 Å². The van der Waals surface area contributed by atoms with Gasteiger partial charge >= 0.3 is 0 Å². The summed E-state index contributed by atoms with van der Waals surface area (Å²) in [6, 6.07) is 10.9. The number of rotatable bonds is 13. The van der Waals surface area contributed by atoms with Gasteiger partial charge in [-0.1, -0.05) is 88.6 Å². The van der Waals surface area contributed by atoms with Crippen molar-refractivity contribution >= 4 is 12.4 Å². The normalized spacial score (nSPS) is 10.8. The fourth-order valence-corrected chi connectivity index (χ4v) is 3.18. The Hall–Kier alpha value is -0.240. The van der Waals surface area contributed by atoms with E-state index in [1.165, 1.54) is 76.3 Å². The van der Waals surface area contributed by atoms with Gasteiger partial charge in [0.1, 0.15) is 6.54 Å². The lowest BCUT2D eigenvalue weighted by Gasteiger charge is -2.30. The third kappa shape index (κ3) is 14.1. The van der Waals surface area contributed by atoms with Crippen molar-refractivity contribution in [1.29, 1.82) is 0 Å². The molecule has 0 aliphatic heterocycles. The molecule has 0 spiro atoms. The number of benzene rings is 1. The first kappa shape index (κ1) is 26.0. The molecule has 0 saturated carbocycles. The van der Waals surface area contributed by atoms with Crippen LogP contribution in [-0.4, -0.2) is 25.1 Å². The first-order chi connectivity index (χ1) is 10.6. The van der Waals surface area contributed by atoms with Gasteiger partial charge in [-0.05, 0) is 12.8 Å². The van der Waals surface area contributed by atoms with Gasteiger partial charge in [0.05, 0.1) is 20.6 Å². The summed E-state index contributed by atoms with van der Waals surface area (Å²) in [5.41, 5.74) is 1.46. The second kappa shape index (κ2) is 16.2. The summed E-state index contributed by atoms with van der Waals surface area (Å²) < 4.78 is 1.11. The van der Waals surface area contributed by atoms with Crippen LogP contribution >= 0.6 is 12.4 Å². The molecule has 0 heterocycles. The minimum atomic E-state index is 0. The molecule has 0 saturated heterocycles. The Balaban J connectivity index is 0. The van der Waals surface area contributed by atoms with E-state index in [9.17, 15) is 0 Å². The molecule has 3 heteroatoms. The van der Waals surface area contributed by atoms with E-state index in [2.05, 4.69) is 51.4 Å². The zero-order chi connectivity index (χ0) is 16.1. The Morgan fingerprint density at radius 1 is 0.708 bits per heavy atom. The van der Waals surface area contributed by atoms with Crippen LogP contribution in [0.4, 0.5) is 0 Å². The van der Waals surface area contributed by atoms with Crippen molar-refractivity contribution in [1.82, 2.24) is 0 Å². The number of nitrogens with zero attached hydrogens (tertiary/aromatic N) is 1. The van der Waals surface area contributed by atoms with Gasteiger partial charge in [0, 0.05) is 5.56 Å². The second-order valence-electron chi connectivity index (χ2n) is 7.49. The first-order valence-corrected chi connectivity index (χ1v) is 9.50. The summed E-state index contributed by atoms with van der Waals surface area (Å²) in [6.07, 6.45) is 14.2. The standard InChI is InChI=1S/C21H38N.2ClH/c1-4-5-6-7-8-9-10-11-12-16-19-22(2,3)20-21-17-14-13-15-18-21;;/h13-15,17-18H,4-12,16,19-20H2,1-3H3;2*1H/q+1;;/p-1. The number of hydrogen-bond acceptors (Lipinski definition) is 0. The van der Waals surface area contributed by atoms with E-state index in [-0.39, 0.29) is 24.8 Å². The zero-order valence-corrected chi connectivity index (χ0v) is 17.7. The molecular weight excluding hydrogens is 337 g/mol. The molecule has 1 rings (SSSR count). The lowest BCUT2D eigenvalue weighted by molar-refractivity contribution is -0.903. The highest BCUT2D eigenvalue weighted by Gasteiger charge is 2.14. The van der Waals surface area contributed by atoms with E-state index >= 15 is 0 Å². The quantitative estimate of drug-likeness (QED) is 0.364. The molecule has 1 aromatic carbocycles. The topological polar surface area (TPSA) is 0 Å². The molecule has 0 unspecified atom stereocenters. The maximum Gasteiger partial charge on any atom is 0.104 e. The number of halogens is 2. The number of hydrogen-bond donors (Lipinski definition) is 0. The maximum absolute atomic E-state index is 2.36. The molecule has 0 amide bonds. The summed E-state index contributed by atoms with van der Waals surface area (Å²) >= 11 is 0. The van der Waals surface area contributed by atoms with E-state index in [0.29, 0.717) is 0 Å². The van der Waals surface area contributed by atoms with E-state index in [4.69, 9.17) is 0 Å². The number of quaternary nitrogens is 1. The third-order valence-electron chi connectivity index (χ3n) is 4.57. The Morgan fingerprint density at radius 3 is 1.67 bits per heavy atom. The van der Waals surface area contributed by atoms with Gasteiger partial charge in [0.15, 0.2) is 0 Å². The van der Waals surface area contributed by atoms with Crippen molar-refractivity contribution in [3.63, 3.8) is 0 Å². The molecule has 0 radical (unpaired) electrons. The van der Waals surface area contributed by atoms with Gasteiger partial charge < -0.3 is 16.9 Å². The lowest BCUT2D eigenvalue weighted by atomic mass is 10.1. The molecule has 142 valence electrons. The summed E-state index contributed by atoms with van der Waals surface area (Å²) in [5.74, 6) is 0. The summed E-state index contributed by atoms with van der Waals surface area (Å²) in [5, 5.41) is 0. The van der Waals surface area contributed by atoms with Crippen molar-refractivity contribution in [3.05, 3.63) is 35.9 Å². The van der Waals surface area contributed by atoms with Gasteiger partial charge in [-0.25, -0.2) is 0 Å². The molecule has 24 heavy (non-hydrogen) atoms. The van der Waals surface area contributed by atoms with Gasteiger partial charge in [0.2, 0.25) is 0 Å². The largest absolute Gasteiger partial charge is 1.00 e. The van der Waals surface area contributed by atoms with Crippen LogP contribution < -0.4 is 12.4 Å². The van der Waals surface area contributed by atoms with E-state index in [1.807, 2.05) is 0 Å². The smallest absolute Gasteiger partial charge is 0.104 e. The molecular formula is C21H39Cl2N. The van der Waals surface area contributed by atoms with Crippen LogP contribution in [0.3, 0.4) is 0 Å². The van der Waals surface area contributed by atoms with E-state index < -0.39 is 0 Å². The Morgan fingerprint density at radius 2 is 1.17 bits per heavy atom. The first-order valence-electron chi connectivity index (χ1n) is 9.50. The van der Waals surface area contributed by atoms with Crippen molar-refractivity contribution in [2.75, 3.05) is 20.6 Å². The van der Waals surface area contributed by atoms with Crippen LogP contribution in [0.5, 0.6) is 0 Å². The monoisotopic (exact) mass is 375 g/mol. The highest BCUT2D eigenvalue weighted by Crippen LogP contribution is 2.13. The number of unbranched alkanes of at least 4 members (excludes halogenated alkanes) is 9. The van der Waals surface area contributed by atoms with Crippen molar-refractivity contribution in [2.24, 2.45) is 0 Å². The molecule has 1 aromatic rings. The Kier molecular flexibility index (Phi) is 17.6. The second-order valence-corrected chi connectivity index (χ2v) is 7.49. The van der Waals surface area contributed by atoms with Gasteiger partial charge in [0.25, 0.3) is 0 Å². The van der Waals surface area contributed by atoms with Crippen molar-refractivity contribution in [2.45, 2.75) is 77.7 Å². The average Bonchev–Trinajstić information content (AvgIpc) is 2.49. The Bertz CT molecular complexity index is 365. The minimum Gasteiger partial charge on any atom is -1.00 e. The molecule has 0 N–H and O–H groups in total. The molecule has 0 aromatic heterocycles. The molecule has 0 bridgehead atoms. The molecule has 1 nitrogen and oxygen atoms in total. The van der Waals surface area contributed by atoms with Gasteiger partial charge in [-0.15, -0.1) is 12.4 Å².